The second kappa shape index (κ2) is 5.58. The van der Waals surface area contributed by atoms with Crippen molar-refractivity contribution in [3.63, 3.8) is 0 Å². The summed E-state index contributed by atoms with van der Waals surface area (Å²) in [6.45, 7) is 2.74. The summed E-state index contributed by atoms with van der Waals surface area (Å²) in [4.78, 5) is 25.5. The molecule has 2 fully saturated rings. The molecule has 2 aliphatic rings. The molecule has 4 heteroatoms. The van der Waals surface area contributed by atoms with Gasteiger partial charge in [0.15, 0.2) is 5.78 Å². The van der Waals surface area contributed by atoms with Gasteiger partial charge < -0.3 is 4.90 Å². The van der Waals surface area contributed by atoms with Gasteiger partial charge in [-0.25, -0.2) is 4.39 Å². The van der Waals surface area contributed by atoms with Crippen LogP contribution in [0.5, 0.6) is 0 Å². The molecule has 3 rings (SSSR count). The van der Waals surface area contributed by atoms with Crippen LogP contribution in [0, 0.1) is 11.7 Å². The molecule has 0 aromatic heterocycles. The smallest absolute Gasteiger partial charge is 0.225 e. The highest BCUT2D eigenvalue weighted by Gasteiger charge is 2.36. The largest absolute Gasteiger partial charge is 0.342 e. The zero-order valence-corrected chi connectivity index (χ0v) is 12.3. The van der Waals surface area contributed by atoms with Gasteiger partial charge in [0, 0.05) is 24.9 Å². The van der Waals surface area contributed by atoms with Crippen molar-refractivity contribution >= 4 is 11.7 Å². The van der Waals surface area contributed by atoms with Crippen LogP contribution in [0.1, 0.15) is 54.4 Å². The Morgan fingerprint density at radius 1 is 1.24 bits per heavy atom. The van der Waals surface area contributed by atoms with Crippen LogP contribution in [-0.2, 0) is 4.79 Å². The maximum atomic E-state index is 14.5. The Labute approximate surface area is 124 Å². The maximum Gasteiger partial charge on any atom is 0.225 e. The van der Waals surface area contributed by atoms with E-state index >= 15 is 0 Å². The zero-order chi connectivity index (χ0) is 15.0. The highest BCUT2D eigenvalue weighted by Crippen LogP contribution is 2.35. The Balaban J connectivity index is 1.81. The summed E-state index contributed by atoms with van der Waals surface area (Å²) < 4.78 is 14.5. The lowest BCUT2D eigenvalue weighted by atomic mass is 9.88. The van der Waals surface area contributed by atoms with Crippen LogP contribution in [0.15, 0.2) is 18.2 Å². The summed E-state index contributed by atoms with van der Waals surface area (Å²) in [5.74, 6) is -0.229. The molecule has 1 heterocycles. The predicted molar refractivity (Wildman–Crippen MR) is 77.7 cm³/mol. The van der Waals surface area contributed by atoms with E-state index in [1.165, 1.54) is 13.0 Å². The highest BCUT2D eigenvalue weighted by atomic mass is 19.1. The van der Waals surface area contributed by atoms with Crippen LogP contribution in [0.25, 0.3) is 0 Å². The molecule has 1 aliphatic heterocycles. The minimum absolute atomic E-state index is 0.000694. The van der Waals surface area contributed by atoms with Gasteiger partial charge in [0.1, 0.15) is 5.82 Å². The fraction of sp³-hybridized carbons (Fsp3) is 0.529. The molecule has 1 saturated heterocycles. The molecular weight excluding hydrogens is 269 g/mol. The summed E-state index contributed by atoms with van der Waals surface area (Å²) in [6.07, 6.45) is 3.75. The Morgan fingerprint density at radius 2 is 2.00 bits per heavy atom. The Bertz CT molecular complexity index is 580. The van der Waals surface area contributed by atoms with Gasteiger partial charge in [0.05, 0.1) is 5.56 Å². The second-order valence-corrected chi connectivity index (χ2v) is 6.16. The molecule has 1 unspecified atom stereocenters. The summed E-state index contributed by atoms with van der Waals surface area (Å²) >= 11 is 0. The summed E-state index contributed by atoms with van der Waals surface area (Å²) in [7, 11) is 0. The average molecular weight is 289 g/mol. The first-order valence-corrected chi connectivity index (χ1v) is 7.66. The van der Waals surface area contributed by atoms with Crippen molar-refractivity contribution in [3.8, 4) is 0 Å². The third kappa shape index (κ3) is 2.85. The van der Waals surface area contributed by atoms with Gasteiger partial charge in [-0.3, -0.25) is 9.59 Å². The SMILES string of the molecule is CC(=O)c1cccc(C2CCCN(C(=O)C3CC3)C2)c1F. The maximum absolute atomic E-state index is 14.5. The van der Waals surface area contributed by atoms with Crippen molar-refractivity contribution in [2.24, 2.45) is 5.92 Å². The van der Waals surface area contributed by atoms with E-state index in [4.69, 9.17) is 0 Å². The van der Waals surface area contributed by atoms with Gasteiger partial charge >= 0.3 is 0 Å². The van der Waals surface area contributed by atoms with Gasteiger partial charge in [0.2, 0.25) is 5.91 Å². The molecule has 21 heavy (non-hydrogen) atoms. The molecule has 1 saturated carbocycles. The monoisotopic (exact) mass is 289 g/mol. The number of rotatable bonds is 3. The van der Waals surface area contributed by atoms with Crippen molar-refractivity contribution in [3.05, 3.63) is 35.1 Å². The number of likely N-dealkylation sites (tertiary alicyclic amines) is 1. The van der Waals surface area contributed by atoms with E-state index in [0.717, 1.165) is 32.2 Å². The van der Waals surface area contributed by atoms with Crippen LogP contribution in [0.3, 0.4) is 0 Å². The van der Waals surface area contributed by atoms with Crippen LogP contribution in [0.4, 0.5) is 4.39 Å². The third-order valence-electron chi connectivity index (χ3n) is 4.51. The Morgan fingerprint density at radius 3 is 2.67 bits per heavy atom. The number of halogens is 1. The van der Waals surface area contributed by atoms with Crippen LogP contribution in [0.2, 0.25) is 0 Å². The van der Waals surface area contributed by atoms with Crippen LogP contribution >= 0.6 is 0 Å². The molecule has 1 atom stereocenters. The van der Waals surface area contributed by atoms with Crippen molar-refractivity contribution in [2.75, 3.05) is 13.1 Å². The molecule has 112 valence electrons. The molecule has 0 N–H and O–H groups in total. The van der Waals surface area contributed by atoms with E-state index in [9.17, 15) is 14.0 Å². The summed E-state index contributed by atoms with van der Waals surface area (Å²) in [5.41, 5.74) is 0.731. The molecule has 1 aromatic carbocycles. The molecule has 0 spiro atoms. The van der Waals surface area contributed by atoms with Crippen molar-refractivity contribution < 1.29 is 14.0 Å². The second-order valence-electron chi connectivity index (χ2n) is 6.16. The first kappa shape index (κ1) is 14.2. The normalized spacial score (nSPS) is 22.2. The molecule has 0 radical (unpaired) electrons. The third-order valence-corrected chi connectivity index (χ3v) is 4.51. The van der Waals surface area contributed by atoms with Gasteiger partial charge in [0.25, 0.3) is 0 Å². The molecule has 3 nitrogen and oxygen atoms in total. The number of hydrogen-bond acceptors (Lipinski definition) is 2. The first-order chi connectivity index (χ1) is 10.1. The minimum Gasteiger partial charge on any atom is -0.342 e. The lowest BCUT2D eigenvalue weighted by molar-refractivity contribution is -0.133. The van der Waals surface area contributed by atoms with E-state index in [1.54, 1.807) is 12.1 Å². The van der Waals surface area contributed by atoms with Gasteiger partial charge in [-0.2, -0.15) is 0 Å². The average Bonchev–Trinajstić information content (AvgIpc) is 3.31. The number of piperidine rings is 1. The molecule has 1 aromatic rings. The van der Waals surface area contributed by atoms with Crippen molar-refractivity contribution in [1.29, 1.82) is 0 Å². The van der Waals surface area contributed by atoms with E-state index in [-0.39, 0.29) is 29.1 Å². The number of carbonyl (C=O) groups excluding carboxylic acids is 2. The van der Waals surface area contributed by atoms with E-state index in [2.05, 4.69) is 0 Å². The molecule has 0 bridgehead atoms. The predicted octanol–water partition coefficient (Wildman–Crippen LogP) is 3.14. The standard InChI is InChI=1S/C17H20FNO2/c1-11(20)14-5-2-6-15(16(14)18)13-4-3-9-19(10-13)17(21)12-7-8-12/h2,5-6,12-13H,3-4,7-10H2,1H3. The number of nitrogens with zero attached hydrogens (tertiary/aromatic N) is 1. The number of Topliss-reactive ketones (excluding diaryl/α,β-unsaturated/α-hetero) is 1. The lowest BCUT2D eigenvalue weighted by Crippen LogP contribution is -2.40. The quantitative estimate of drug-likeness (QED) is 0.802. The van der Waals surface area contributed by atoms with E-state index in [0.29, 0.717) is 12.1 Å². The number of ketones is 1. The van der Waals surface area contributed by atoms with Crippen molar-refractivity contribution in [2.45, 2.75) is 38.5 Å². The Kier molecular flexibility index (Phi) is 3.79. The fourth-order valence-electron chi connectivity index (χ4n) is 3.16. The zero-order valence-electron chi connectivity index (χ0n) is 12.3. The Hall–Kier alpha value is -1.71. The first-order valence-electron chi connectivity index (χ1n) is 7.66. The van der Waals surface area contributed by atoms with Gasteiger partial charge in [-0.1, -0.05) is 12.1 Å². The van der Waals surface area contributed by atoms with Crippen LogP contribution < -0.4 is 0 Å². The number of hydrogen-bond donors (Lipinski definition) is 0. The van der Waals surface area contributed by atoms with Gasteiger partial charge in [-0.15, -0.1) is 0 Å². The molecule has 1 aliphatic carbocycles. The fourth-order valence-corrected chi connectivity index (χ4v) is 3.16. The highest BCUT2D eigenvalue weighted by molar-refractivity contribution is 5.94. The van der Waals surface area contributed by atoms with E-state index in [1.807, 2.05) is 4.90 Å². The summed E-state index contributed by atoms with van der Waals surface area (Å²) in [6, 6.07) is 5.01. The number of amides is 1. The lowest BCUT2D eigenvalue weighted by Gasteiger charge is -2.33. The number of benzene rings is 1. The van der Waals surface area contributed by atoms with Gasteiger partial charge in [-0.05, 0) is 44.2 Å². The van der Waals surface area contributed by atoms with Crippen molar-refractivity contribution in [1.82, 2.24) is 4.90 Å². The van der Waals surface area contributed by atoms with Crippen LogP contribution in [-0.4, -0.2) is 29.7 Å². The van der Waals surface area contributed by atoms with E-state index < -0.39 is 5.82 Å². The summed E-state index contributed by atoms with van der Waals surface area (Å²) in [5, 5.41) is 0. The topological polar surface area (TPSA) is 37.4 Å². The number of carbonyl (C=O) groups is 2. The molecule has 1 amide bonds. The molecular formula is C17H20FNO2. The minimum atomic E-state index is -0.407.